The number of thiol groups is 1. The second-order valence-corrected chi connectivity index (χ2v) is 48.9. The zero-order chi connectivity index (χ0) is 95.3. The molecule has 11 aliphatic heterocycles. The molecule has 728 valence electrons. The van der Waals surface area contributed by atoms with Gasteiger partial charge in [-0.3, -0.25) is 79.3 Å². The van der Waals surface area contributed by atoms with E-state index in [1.807, 2.05) is 0 Å². The van der Waals surface area contributed by atoms with Gasteiger partial charge in [-0.05, 0) is 77.2 Å². The van der Waals surface area contributed by atoms with Gasteiger partial charge in [-0.1, -0.05) is 17.5 Å². The number of alkyl halides is 1. The summed E-state index contributed by atoms with van der Waals surface area (Å²) in [6.45, 7) is -28.0. The van der Waals surface area contributed by atoms with Crippen LogP contribution in [0.1, 0.15) is 43.8 Å². The van der Waals surface area contributed by atoms with Crippen LogP contribution in [0.5, 0.6) is 0 Å². The number of aliphatic hydroxyl groups is 2. The minimum Gasteiger partial charge on any atom is -0.397 e. The Labute approximate surface area is 785 Å². The van der Waals surface area contributed by atoms with E-state index < -0.39 is 230 Å². The van der Waals surface area contributed by atoms with Crippen LogP contribution in [0, 0.1) is 0 Å². The average molecular weight is 2130 g/mol. The van der Waals surface area contributed by atoms with Gasteiger partial charge in [0.25, 0.3) is 16.7 Å². The molecule has 29 atom stereocenters. The number of rotatable bonds is 6. The highest BCUT2D eigenvalue weighted by atomic mass is 32.7. The number of aliphatic hydroxyl groups excluding tert-OH is 2. The maximum absolute atomic E-state index is 16.0. The quantitative estimate of drug-likeness (QED) is 0.0667. The van der Waals surface area contributed by atoms with Gasteiger partial charge in [-0.2, -0.15) is 19.6 Å². The van der Waals surface area contributed by atoms with Gasteiger partial charge >= 0.3 is 40.4 Å². The Bertz CT molecular complexity index is 7020. The molecule has 59 nitrogen and oxygen atoms in total. The van der Waals surface area contributed by atoms with Crippen LogP contribution in [0.4, 0.5) is 39.3 Å². The van der Waals surface area contributed by atoms with Crippen LogP contribution in [-0.4, -0.2) is 298 Å². The monoisotopic (exact) mass is 2130 g/mol. The van der Waals surface area contributed by atoms with Gasteiger partial charge < -0.3 is 134 Å². The fourth-order valence-corrected chi connectivity index (χ4v) is 26.0. The van der Waals surface area contributed by atoms with Crippen LogP contribution in [0.3, 0.4) is 0 Å². The third-order valence-electron chi connectivity index (χ3n) is 23.4. The predicted octanol–water partition coefficient (Wildman–Crippen LogP) is -1.47. The largest absolute Gasteiger partial charge is 0.397 e. The summed E-state index contributed by atoms with van der Waals surface area (Å²) >= 11 is 30.7. The highest BCUT2D eigenvalue weighted by molar-refractivity contribution is 8.44. The van der Waals surface area contributed by atoms with Crippen LogP contribution in [0.15, 0.2) is 82.8 Å². The molecule has 0 spiro atoms. The summed E-state index contributed by atoms with van der Waals surface area (Å²) in [5.41, 5.74) is 33.4. The summed E-state index contributed by atoms with van der Waals surface area (Å²) < 4.78 is 156. The van der Waals surface area contributed by atoms with Gasteiger partial charge in [0.1, 0.15) is 102 Å². The summed E-state index contributed by atoms with van der Waals surface area (Å²) in [5.74, 6) is -0.568. The molecule has 12 aromatic heterocycles. The third-order valence-corrected chi connectivity index (χ3v) is 32.8. The van der Waals surface area contributed by atoms with E-state index in [0.29, 0.717) is 33.7 Å². The molecule has 136 heavy (non-hydrogen) atoms. The van der Waals surface area contributed by atoms with Crippen molar-refractivity contribution in [2.75, 3.05) is 87.3 Å². The summed E-state index contributed by atoms with van der Waals surface area (Å²) in [5, 5.41) is 30.4. The number of H-pyrrole nitrogens is 3. The van der Waals surface area contributed by atoms with Crippen LogP contribution >= 0.6 is 52.6 Å². The lowest BCUT2D eigenvalue weighted by molar-refractivity contribution is -0.183. The van der Waals surface area contributed by atoms with E-state index >= 15 is 4.39 Å². The number of anilines is 6. The number of pyridine rings is 3. The normalized spacial score (nSPS) is 38.7. The van der Waals surface area contributed by atoms with E-state index in [-0.39, 0.29) is 94.4 Å². The number of nitrogens with two attached hydrogens (primary N) is 6. The van der Waals surface area contributed by atoms with Crippen molar-refractivity contribution in [3.63, 3.8) is 0 Å². The van der Waals surface area contributed by atoms with Crippen LogP contribution in [0.25, 0.3) is 67.0 Å². The Morgan fingerprint density at radius 1 is 0.419 bits per heavy atom. The Morgan fingerprint density at radius 2 is 0.809 bits per heavy atom. The van der Waals surface area contributed by atoms with Gasteiger partial charge in [0.2, 0.25) is 17.8 Å². The Hall–Kier alpha value is -7.68. The smallest absolute Gasteiger partial charge is 0.386 e. The van der Waals surface area contributed by atoms with Crippen LogP contribution in [-0.2, 0) is 156 Å². The number of nitrogen functional groups attached to an aromatic ring is 6. The molecule has 0 saturated carbocycles. The molecule has 11 aliphatic rings. The van der Waals surface area contributed by atoms with Crippen molar-refractivity contribution < 1.29 is 136 Å². The topological polar surface area (TPSA) is 795 Å². The molecule has 0 amide bonds. The number of ether oxygens (including phenoxy) is 8. The summed E-state index contributed by atoms with van der Waals surface area (Å²) in [7, 11) is 0. The van der Waals surface area contributed by atoms with Gasteiger partial charge in [0.05, 0.1) is 108 Å². The van der Waals surface area contributed by atoms with Gasteiger partial charge in [0, 0.05) is 25.0 Å². The third kappa shape index (κ3) is 17.3. The molecule has 0 aliphatic carbocycles. The van der Waals surface area contributed by atoms with Crippen LogP contribution in [0.2, 0.25) is 0 Å². The first-order valence-electron chi connectivity index (χ1n) is 40.0. The summed E-state index contributed by atoms with van der Waals surface area (Å²) in [6.07, 6.45) is -14.6. The number of aromatic nitrogens is 22. The van der Waals surface area contributed by atoms with Gasteiger partial charge in [-0.15, -0.1) is 5.10 Å². The first kappa shape index (κ1) is 94.6. The number of hydrogen-bond donors (Lipinski definition) is 17. The van der Waals surface area contributed by atoms with Crippen molar-refractivity contribution in [2.45, 2.75) is 147 Å². The lowest BCUT2D eigenvalue weighted by atomic mass is 10.0. The molecule has 0 aromatic carbocycles. The molecule has 72 heteroatoms. The molecule has 22 N–H and O–H groups in total. The van der Waals surface area contributed by atoms with E-state index in [1.54, 1.807) is 21.3 Å². The number of hydrogen-bond acceptors (Lipinski definition) is 50. The molecular formula is C64H73FN28O31P6S6. The Morgan fingerprint density at radius 3 is 1.30 bits per heavy atom. The van der Waals surface area contributed by atoms with Crippen molar-refractivity contribution in [2.24, 2.45) is 0 Å². The van der Waals surface area contributed by atoms with Crippen molar-refractivity contribution in [1.29, 1.82) is 0 Å². The first-order chi connectivity index (χ1) is 64.6. The fourth-order valence-electron chi connectivity index (χ4n) is 17.3. The molecule has 0 radical (unpaired) electrons. The second kappa shape index (κ2) is 35.2. The summed E-state index contributed by atoms with van der Waals surface area (Å²) in [4.78, 5) is 146. The molecule has 11 fully saturated rings. The first-order valence-corrected chi connectivity index (χ1v) is 55.7. The number of imidazole rings is 5. The fraction of sp³-hybridized carbons (Fsp3) is 0.500. The Balaban J connectivity index is 0.000000122. The molecule has 23 rings (SSSR count). The van der Waals surface area contributed by atoms with E-state index in [0.717, 1.165) is 4.68 Å². The maximum atomic E-state index is 16.0. The van der Waals surface area contributed by atoms with Crippen molar-refractivity contribution in [3.05, 3.63) is 99.5 Å². The molecule has 6 unspecified atom stereocenters. The second-order valence-electron chi connectivity index (χ2n) is 32.0. The number of nitrogens with zero attached hydrogens (tertiary/aromatic N) is 19. The lowest BCUT2D eigenvalue weighted by Crippen LogP contribution is -2.45. The average Bonchev–Trinajstić information content (AvgIpc) is 1.56. The molecular weight excluding hydrogens is 2050 g/mol. The van der Waals surface area contributed by atoms with Crippen LogP contribution < -0.4 is 51.1 Å². The van der Waals surface area contributed by atoms with Gasteiger partial charge in [-0.25, -0.2) is 48.8 Å². The standard InChI is InChI=1S/2C22H25N9O11P2S2.C20H23FN10O9P2S2/c2*23-8-1-2-25-16-10(8)26-6-30(16)20-14-15-22(40-20,4-36-14)5-38-44(35,46)41-13-12(32)9(3-37-43(34,45)42-15)39-19(13)31-7-27-11-17(31)28-21(24)29-18(11)33;21-11-14-10(38-19(11)31-15-12(28-29-31)8(22)1-2-24-15)5-36-41(33,43)39-9-3-7(4-35-42(34,44)40-14)37-18(9)30-6-25-13-16(30)26-20(23)27-17(13)32/h2*1-2,6-7,9,12-15,19-20,32H,3-5H2,(H2,23,25)(H,34,45)(H,35,46)(H3,24,28,29,33);1-2,6-7,9-11,14,18-19H,3-5H2,(H2,22,24)(H,33,43)(H,34,44)(H3,23,26,27,32)/t2*9-,12-,13+,14-,15+,19-,20-,22-,43?,44?;7-,9-,10+,11-,14+,18+,19+,41?,42?/m110/s1. The zero-order valence-electron chi connectivity index (χ0n) is 68.3. The number of halogens is 1. The Kier molecular flexibility index (Phi) is 24.5. The minimum absolute atomic E-state index is 0.00190. The summed E-state index contributed by atoms with van der Waals surface area (Å²) in [6, 6.07) is 4.72. The van der Waals surface area contributed by atoms with Crippen molar-refractivity contribution in [3.8, 4) is 0 Å². The van der Waals surface area contributed by atoms with Crippen molar-refractivity contribution in [1.82, 2.24) is 108 Å². The predicted molar refractivity (Wildman–Crippen MR) is 478 cm³/mol. The van der Waals surface area contributed by atoms with Gasteiger partial charge in [0.15, 0.2) is 99.5 Å². The maximum Gasteiger partial charge on any atom is 0.386 e. The highest BCUT2D eigenvalue weighted by Gasteiger charge is 2.68. The molecule has 10 bridgehead atoms. The minimum atomic E-state index is -4.35. The molecule has 11 saturated heterocycles. The molecule has 23 heterocycles. The van der Waals surface area contributed by atoms with E-state index in [2.05, 4.69) is 92.3 Å². The highest BCUT2D eigenvalue weighted by Crippen LogP contribution is 2.64. The number of fused-ring (bicyclic) bond motifs is 13. The molecule has 12 aromatic rings. The van der Waals surface area contributed by atoms with E-state index in [1.165, 1.54) is 70.0 Å². The van der Waals surface area contributed by atoms with E-state index in [9.17, 15) is 53.6 Å². The zero-order valence-corrected chi connectivity index (χ0v) is 78.6. The number of nitrogens with one attached hydrogen (secondary N) is 3. The number of aromatic amines is 3. The van der Waals surface area contributed by atoms with Crippen molar-refractivity contribution >= 4 is 214 Å². The van der Waals surface area contributed by atoms with E-state index in [4.69, 9.17) is 186 Å². The SMILES string of the molecule is Nc1nc2c(ncn2[C@@H]2O[C@@H]3COP(O)(=S)O[C@H]4[C@H](F)[C@H](n5nnc6c(N)ccnc65)O[C@@H]4COP(O)(=S)O[C@H]2C3)c(=O)[nH]1.Nc1nc2c(ncn2[C@@H]2O[C@@H]3COP(O)(=S)O[C@H]4[C@H]5OC[C@]4(COP(=O)(S)O[C@H]2[C@@H]3O)O[C@H]5n2cnc3c(N)ccnc32)c(=O)[nH]1.Nc1nc2c(ncn2[C@@H]2O[C@@H]3COP(O)(=S)O[C@H]4[C@H]5OC[C@]4(COP(O)(=S)O[C@H]2[C@@H]3O)O[C@H]5n2cnc3c(N)ccnc32)c(=O)[nH]1. The lowest BCUT2D eigenvalue weighted by Gasteiger charge is -2.33.